The minimum atomic E-state index is -4.48. The first-order chi connectivity index (χ1) is 15.1. The summed E-state index contributed by atoms with van der Waals surface area (Å²) < 4.78 is 45.0. The van der Waals surface area contributed by atoms with Gasteiger partial charge in [0.15, 0.2) is 6.23 Å². The second-order valence-corrected chi connectivity index (χ2v) is 8.45. The SMILES string of the molecule is Cc1oc2ccc(O)c(CN3CCCCC3C)c2c1C(O)Nc1cccc(C(F)(F)F)c1. The van der Waals surface area contributed by atoms with Crippen LogP contribution in [0.3, 0.4) is 0 Å². The van der Waals surface area contributed by atoms with Gasteiger partial charge in [-0.15, -0.1) is 0 Å². The van der Waals surface area contributed by atoms with E-state index in [2.05, 4.69) is 17.1 Å². The monoisotopic (exact) mass is 448 g/mol. The standard InChI is InChI=1S/C24H27F3N2O3/c1-14-6-3-4-11-29(14)13-18-19(30)9-10-20-22(18)21(15(2)32-20)23(31)28-17-8-5-7-16(12-17)24(25,26)27/h5,7-10,12,14,23,28,30-31H,3-4,6,11,13H2,1-2H3. The molecular weight excluding hydrogens is 421 g/mol. The van der Waals surface area contributed by atoms with Gasteiger partial charge in [-0.2, -0.15) is 13.2 Å². The van der Waals surface area contributed by atoms with Crippen molar-refractivity contribution >= 4 is 16.7 Å². The quantitative estimate of drug-likeness (QED) is 0.421. The van der Waals surface area contributed by atoms with Crippen LogP contribution in [0.2, 0.25) is 0 Å². The number of aromatic hydroxyl groups is 1. The Bertz CT molecular complexity index is 1110. The highest BCUT2D eigenvalue weighted by Gasteiger charge is 2.31. The summed E-state index contributed by atoms with van der Waals surface area (Å²) in [5.74, 6) is 0.536. The number of anilines is 1. The van der Waals surface area contributed by atoms with E-state index >= 15 is 0 Å². The van der Waals surface area contributed by atoms with Gasteiger partial charge in [0.1, 0.15) is 17.1 Å². The topological polar surface area (TPSA) is 68.9 Å². The predicted octanol–water partition coefficient (Wildman–Crippen LogP) is 5.94. The number of halogens is 3. The van der Waals surface area contributed by atoms with E-state index in [9.17, 15) is 23.4 Å². The number of hydrogen-bond donors (Lipinski definition) is 3. The number of furan rings is 1. The Labute approximate surface area is 184 Å². The van der Waals surface area contributed by atoms with E-state index in [1.807, 2.05) is 0 Å². The average molecular weight is 448 g/mol. The first-order valence-corrected chi connectivity index (χ1v) is 10.7. The molecule has 2 unspecified atom stereocenters. The lowest BCUT2D eigenvalue weighted by molar-refractivity contribution is -0.137. The van der Waals surface area contributed by atoms with Crippen molar-refractivity contribution in [3.63, 3.8) is 0 Å². The largest absolute Gasteiger partial charge is 0.508 e. The molecule has 0 bridgehead atoms. The number of piperidine rings is 1. The molecule has 1 aliphatic rings. The summed E-state index contributed by atoms with van der Waals surface area (Å²) in [6.07, 6.45) is -2.47. The van der Waals surface area contributed by atoms with Gasteiger partial charge in [0.05, 0.1) is 11.1 Å². The smallest absolute Gasteiger partial charge is 0.416 e. The molecule has 0 aliphatic carbocycles. The molecule has 3 aromatic rings. The van der Waals surface area contributed by atoms with Gasteiger partial charge in [-0.05, 0) is 63.6 Å². The summed E-state index contributed by atoms with van der Waals surface area (Å²) in [7, 11) is 0. The fourth-order valence-electron chi connectivity index (χ4n) is 4.49. The van der Waals surface area contributed by atoms with Crippen LogP contribution in [0.1, 0.15) is 54.9 Å². The van der Waals surface area contributed by atoms with Crippen molar-refractivity contribution in [2.75, 3.05) is 11.9 Å². The van der Waals surface area contributed by atoms with E-state index in [-0.39, 0.29) is 11.4 Å². The van der Waals surface area contributed by atoms with Crippen LogP contribution in [-0.4, -0.2) is 27.7 Å². The Morgan fingerprint density at radius 1 is 1.22 bits per heavy atom. The lowest BCUT2D eigenvalue weighted by Gasteiger charge is -2.33. The second-order valence-electron chi connectivity index (χ2n) is 8.45. The summed E-state index contributed by atoms with van der Waals surface area (Å²) in [5.41, 5.74) is 0.897. The zero-order valence-electron chi connectivity index (χ0n) is 18.0. The van der Waals surface area contributed by atoms with Crippen LogP contribution >= 0.6 is 0 Å². The molecule has 2 aromatic carbocycles. The fourth-order valence-corrected chi connectivity index (χ4v) is 4.49. The second kappa shape index (κ2) is 8.67. The number of fused-ring (bicyclic) bond motifs is 1. The highest BCUT2D eigenvalue weighted by molar-refractivity contribution is 5.88. The molecule has 3 N–H and O–H groups in total. The molecule has 1 aromatic heterocycles. The van der Waals surface area contributed by atoms with E-state index in [1.54, 1.807) is 19.1 Å². The maximum absolute atomic E-state index is 13.1. The molecule has 4 rings (SSSR count). The summed E-state index contributed by atoms with van der Waals surface area (Å²) >= 11 is 0. The molecule has 32 heavy (non-hydrogen) atoms. The third-order valence-corrected chi connectivity index (χ3v) is 6.23. The highest BCUT2D eigenvalue weighted by Crippen LogP contribution is 2.39. The van der Waals surface area contributed by atoms with Crippen molar-refractivity contribution in [2.24, 2.45) is 0 Å². The summed E-state index contributed by atoms with van der Waals surface area (Å²) in [6, 6.07) is 8.26. The van der Waals surface area contributed by atoms with Crippen LogP contribution in [0.25, 0.3) is 11.0 Å². The van der Waals surface area contributed by atoms with Crippen molar-refractivity contribution in [1.29, 1.82) is 0 Å². The van der Waals surface area contributed by atoms with Gasteiger partial charge >= 0.3 is 6.18 Å². The van der Waals surface area contributed by atoms with Crippen LogP contribution in [-0.2, 0) is 12.7 Å². The number of rotatable bonds is 5. The van der Waals surface area contributed by atoms with Crippen LogP contribution in [0.5, 0.6) is 5.75 Å². The van der Waals surface area contributed by atoms with E-state index in [0.717, 1.165) is 31.5 Å². The van der Waals surface area contributed by atoms with Gasteiger partial charge in [0.2, 0.25) is 0 Å². The number of aryl methyl sites for hydroxylation is 1. The number of phenolic OH excluding ortho intramolecular Hbond substituents is 1. The Morgan fingerprint density at radius 2 is 2.00 bits per heavy atom. The number of phenols is 1. The normalized spacial score (nSPS) is 18.8. The van der Waals surface area contributed by atoms with Gasteiger partial charge in [-0.3, -0.25) is 4.90 Å². The number of hydrogen-bond acceptors (Lipinski definition) is 5. The van der Waals surface area contributed by atoms with Gasteiger partial charge in [-0.25, -0.2) is 0 Å². The number of likely N-dealkylation sites (tertiary alicyclic amines) is 1. The Morgan fingerprint density at radius 3 is 2.72 bits per heavy atom. The lowest BCUT2D eigenvalue weighted by Crippen LogP contribution is -2.36. The van der Waals surface area contributed by atoms with E-state index < -0.39 is 18.0 Å². The predicted molar refractivity (Wildman–Crippen MR) is 116 cm³/mol. The van der Waals surface area contributed by atoms with Crippen molar-refractivity contribution in [3.8, 4) is 5.75 Å². The van der Waals surface area contributed by atoms with Crippen LogP contribution in [0.4, 0.5) is 18.9 Å². The molecular formula is C24H27F3N2O3. The zero-order valence-corrected chi connectivity index (χ0v) is 18.0. The van der Waals surface area contributed by atoms with E-state index in [4.69, 9.17) is 4.42 Å². The van der Waals surface area contributed by atoms with Crippen LogP contribution < -0.4 is 5.32 Å². The van der Waals surface area contributed by atoms with Gasteiger partial charge in [0, 0.05) is 29.2 Å². The summed E-state index contributed by atoms with van der Waals surface area (Å²) in [4.78, 5) is 2.29. The molecule has 2 heterocycles. The number of alkyl halides is 3. The van der Waals surface area contributed by atoms with E-state index in [1.165, 1.54) is 18.6 Å². The number of nitrogens with one attached hydrogen (secondary N) is 1. The fraction of sp³-hybridized carbons (Fsp3) is 0.417. The molecule has 0 spiro atoms. The lowest BCUT2D eigenvalue weighted by atomic mass is 9.98. The molecule has 172 valence electrons. The molecule has 5 nitrogen and oxygen atoms in total. The van der Waals surface area contributed by atoms with Crippen molar-refractivity contribution in [2.45, 2.75) is 58.1 Å². The third-order valence-electron chi connectivity index (χ3n) is 6.23. The molecule has 1 saturated heterocycles. The minimum Gasteiger partial charge on any atom is -0.508 e. The van der Waals surface area contributed by atoms with Gasteiger partial charge in [-0.1, -0.05) is 12.5 Å². The maximum atomic E-state index is 13.1. The van der Waals surface area contributed by atoms with E-state index in [0.29, 0.717) is 40.4 Å². The number of benzene rings is 2. The first kappa shape index (κ1) is 22.5. The highest BCUT2D eigenvalue weighted by atomic mass is 19.4. The Kier molecular flexibility index (Phi) is 6.09. The number of aliphatic hydroxyl groups excluding tert-OH is 1. The average Bonchev–Trinajstić information content (AvgIpc) is 3.07. The Hall–Kier alpha value is -2.71. The molecule has 0 saturated carbocycles. The maximum Gasteiger partial charge on any atom is 0.416 e. The van der Waals surface area contributed by atoms with Crippen molar-refractivity contribution in [1.82, 2.24) is 4.90 Å². The van der Waals surface area contributed by atoms with Gasteiger partial charge in [0.25, 0.3) is 0 Å². The summed E-state index contributed by atoms with van der Waals surface area (Å²) in [6.45, 7) is 5.25. The molecule has 0 radical (unpaired) electrons. The molecule has 1 aliphatic heterocycles. The first-order valence-electron chi connectivity index (χ1n) is 10.7. The molecule has 1 fully saturated rings. The van der Waals surface area contributed by atoms with Gasteiger partial charge < -0.3 is 19.9 Å². The van der Waals surface area contributed by atoms with Crippen LogP contribution in [0.15, 0.2) is 40.8 Å². The zero-order chi connectivity index (χ0) is 23.0. The Balaban J connectivity index is 1.71. The number of aliphatic hydroxyl groups is 1. The number of nitrogens with zero attached hydrogens (tertiary/aromatic N) is 1. The molecule has 2 atom stereocenters. The minimum absolute atomic E-state index is 0.101. The van der Waals surface area contributed by atoms with Crippen molar-refractivity contribution in [3.05, 3.63) is 58.8 Å². The summed E-state index contributed by atoms with van der Waals surface area (Å²) in [5, 5.41) is 25.0. The molecule has 8 heteroatoms. The third kappa shape index (κ3) is 4.42. The molecule has 0 amide bonds. The van der Waals surface area contributed by atoms with Crippen LogP contribution in [0, 0.1) is 6.92 Å². The van der Waals surface area contributed by atoms with Crippen molar-refractivity contribution < 1.29 is 27.8 Å².